The van der Waals surface area contributed by atoms with Crippen LogP contribution in [0.5, 0.6) is 0 Å². The summed E-state index contributed by atoms with van der Waals surface area (Å²) < 4.78 is 22.9. The SMILES string of the molecule is CCN(C(=O)c1ccccc1S(N)(=O)=O)C1CC1. The highest BCUT2D eigenvalue weighted by Gasteiger charge is 2.33. The van der Waals surface area contributed by atoms with Gasteiger partial charge in [-0.25, -0.2) is 13.6 Å². The zero-order valence-corrected chi connectivity index (χ0v) is 11.0. The van der Waals surface area contributed by atoms with Crippen molar-refractivity contribution >= 4 is 15.9 Å². The summed E-state index contributed by atoms with van der Waals surface area (Å²) in [6.45, 7) is 2.46. The second-order valence-electron chi connectivity index (χ2n) is 4.36. The molecule has 0 aliphatic heterocycles. The van der Waals surface area contributed by atoms with Gasteiger partial charge in [0.25, 0.3) is 5.91 Å². The number of carbonyl (C=O) groups excluding carboxylic acids is 1. The van der Waals surface area contributed by atoms with Gasteiger partial charge in [-0.3, -0.25) is 4.79 Å². The molecule has 0 unspecified atom stereocenters. The van der Waals surface area contributed by atoms with Gasteiger partial charge < -0.3 is 4.90 Å². The van der Waals surface area contributed by atoms with Crippen molar-refractivity contribution in [2.24, 2.45) is 5.14 Å². The van der Waals surface area contributed by atoms with Gasteiger partial charge in [0.15, 0.2) is 0 Å². The van der Waals surface area contributed by atoms with Crippen LogP contribution in [0.25, 0.3) is 0 Å². The van der Waals surface area contributed by atoms with Crippen LogP contribution in [0.2, 0.25) is 0 Å². The maximum atomic E-state index is 12.3. The van der Waals surface area contributed by atoms with E-state index >= 15 is 0 Å². The average Bonchev–Trinajstić information content (AvgIpc) is 3.13. The van der Waals surface area contributed by atoms with Crippen LogP contribution in [0.3, 0.4) is 0 Å². The zero-order chi connectivity index (χ0) is 13.3. The first-order valence-corrected chi connectivity index (χ1v) is 7.42. The molecule has 2 rings (SSSR count). The van der Waals surface area contributed by atoms with E-state index in [1.165, 1.54) is 12.1 Å². The summed E-state index contributed by atoms with van der Waals surface area (Å²) in [5.74, 6) is -0.260. The molecule has 1 aromatic rings. The molecule has 1 aliphatic carbocycles. The Bertz CT molecular complexity index is 564. The fourth-order valence-corrected chi connectivity index (χ4v) is 2.73. The van der Waals surface area contributed by atoms with E-state index in [1.807, 2.05) is 6.92 Å². The summed E-state index contributed by atoms with van der Waals surface area (Å²) in [5, 5.41) is 5.13. The highest BCUT2D eigenvalue weighted by atomic mass is 32.2. The Morgan fingerprint density at radius 3 is 2.50 bits per heavy atom. The Morgan fingerprint density at radius 2 is 2.00 bits per heavy atom. The van der Waals surface area contributed by atoms with Crippen LogP contribution in [0, 0.1) is 0 Å². The summed E-state index contributed by atoms with van der Waals surface area (Å²) in [6, 6.07) is 6.32. The van der Waals surface area contributed by atoms with Gasteiger partial charge in [-0.1, -0.05) is 12.1 Å². The molecule has 1 fully saturated rings. The fourth-order valence-electron chi connectivity index (χ4n) is 2.00. The van der Waals surface area contributed by atoms with E-state index in [2.05, 4.69) is 0 Å². The van der Waals surface area contributed by atoms with Crippen molar-refractivity contribution in [2.45, 2.75) is 30.7 Å². The van der Waals surface area contributed by atoms with E-state index < -0.39 is 10.0 Å². The van der Waals surface area contributed by atoms with Crippen LogP contribution in [0.15, 0.2) is 29.2 Å². The van der Waals surface area contributed by atoms with Gasteiger partial charge in [-0.15, -0.1) is 0 Å². The molecule has 0 radical (unpaired) electrons. The largest absolute Gasteiger partial charge is 0.336 e. The van der Waals surface area contributed by atoms with Crippen LogP contribution < -0.4 is 5.14 Å². The second kappa shape index (κ2) is 4.70. The second-order valence-corrected chi connectivity index (χ2v) is 5.89. The Labute approximate surface area is 107 Å². The average molecular weight is 268 g/mol. The lowest BCUT2D eigenvalue weighted by Crippen LogP contribution is -2.34. The number of primary sulfonamides is 1. The topological polar surface area (TPSA) is 80.5 Å². The molecular weight excluding hydrogens is 252 g/mol. The molecule has 0 spiro atoms. The van der Waals surface area contributed by atoms with E-state index in [0.29, 0.717) is 6.54 Å². The van der Waals surface area contributed by atoms with Crippen molar-refractivity contribution in [3.8, 4) is 0 Å². The Morgan fingerprint density at radius 1 is 1.39 bits per heavy atom. The van der Waals surface area contributed by atoms with Gasteiger partial charge in [-0.2, -0.15) is 0 Å². The molecule has 2 N–H and O–H groups in total. The van der Waals surface area contributed by atoms with Gasteiger partial charge in [0.2, 0.25) is 10.0 Å². The Kier molecular flexibility index (Phi) is 3.41. The van der Waals surface area contributed by atoms with Gasteiger partial charge in [0, 0.05) is 12.6 Å². The maximum Gasteiger partial charge on any atom is 0.255 e. The number of hydrogen-bond donors (Lipinski definition) is 1. The van der Waals surface area contributed by atoms with Crippen LogP contribution >= 0.6 is 0 Å². The lowest BCUT2D eigenvalue weighted by atomic mass is 10.2. The van der Waals surface area contributed by atoms with Crippen molar-refractivity contribution in [1.29, 1.82) is 0 Å². The first kappa shape index (κ1) is 13.0. The number of sulfonamides is 1. The monoisotopic (exact) mass is 268 g/mol. The smallest absolute Gasteiger partial charge is 0.255 e. The van der Waals surface area contributed by atoms with Crippen LogP contribution in [-0.2, 0) is 10.0 Å². The molecule has 0 bridgehead atoms. The van der Waals surface area contributed by atoms with E-state index in [0.717, 1.165) is 12.8 Å². The molecule has 0 atom stereocenters. The summed E-state index contributed by atoms with van der Waals surface area (Å²) in [7, 11) is -3.87. The lowest BCUT2D eigenvalue weighted by Gasteiger charge is -2.21. The normalized spacial score (nSPS) is 15.4. The molecule has 1 amide bonds. The molecule has 18 heavy (non-hydrogen) atoms. The van der Waals surface area contributed by atoms with Crippen molar-refractivity contribution < 1.29 is 13.2 Å². The van der Waals surface area contributed by atoms with E-state index in [-0.39, 0.29) is 22.4 Å². The summed E-state index contributed by atoms with van der Waals surface area (Å²) in [5.41, 5.74) is 0.161. The molecule has 5 nitrogen and oxygen atoms in total. The first-order chi connectivity index (χ1) is 8.45. The highest BCUT2D eigenvalue weighted by Crippen LogP contribution is 2.29. The molecule has 0 saturated heterocycles. The summed E-state index contributed by atoms with van der Waals surface area (Å²) >= 11 is 0. The molecule has 1 saturated carbocycles. The summed E-state index contributed by atoms with van der Waals surface area (Å²) in [4.78, 5) is 13.9. The van der Waals surface area contributed by atoms with Crippen LogP contribution in [0.1, 0.15) is 30.1 Å². The van der Waals surface area contributed by atoms with E-state index in [4.69, 9.17) is 5.14 Å². The third-order valence-corrected chi connectivity index (χ3v) is 3.98. The summed E-state index contributed by atoms with van der Waals surface area (Å²) in [6.07, 6.45) is 1.97. The van der Waals surface area contributed by atoms with Crippen molar-refractivity contribution in [1.82, 2.24) is 4.90 Å². The predicted molar refractivity (Wildman–Crippen MR) is 67.5 cm³/mol. The molecule has 0 heterocycles. The number of nitrogens with two attached hydrogens (primary N) is 1. The molecule has 0 aromatic heterocycles. The minimum Gasteiger partial charge on any atom is -0.336 e. The third kappa shape index (κ3) is 2.54. The first-order valence-electron chi connectivity index (χ1n) is 5.88. The number of amides is 1. The fraction of sp³-hybridized carbons (Fsp3) is 0.417. The molecule has 1 aromatic carbocycles. The predicted octanol–water partition coefficient (Wildman–Crippen LogP) is 0.959. The minimum atomic E-state index is -3.87. The third-order valence-electron chi connectivity index (χ3n) is 3.01. The molecule has 98 valence electrons. The quantitative estimate of drug-likeness (QED) is 0.883. The van der Waals surface area contributed by atoms with Crippen LogP contribution in [0.4, 0.5) is 0 Å². The van der Waals surface area contributed by atoms with Crippen molar-refractivity contribution in [3.05, 3.63) is 29.8 Å². The van der Waals surface area contributed by atoms with E-state index in [1.54, 1.807) is 17.0 Å². The van der Waals surface area contributed by atoms with Gasteiger partial charge in [0.05, 0.1) is 10.5 Å². The number of rotatable bonds is 4. The number of carbonyl (C=O) groups is 1. The number of benzene rings is 1. The van der Waals surface area contributed by atoms with Gasteiger partial charge >= 0.3 is 0 Å². The van der Waals surface area contributed by atoms with Crippen LogP contribution in [-0.4, -0.2) is 31.8 Å². The lowest BCUT2D eigenvalue weighted by molar-refractivity contribution is 0.0748. The van der Waals surface area contributed by atoms with Gasteiger partial charge in [-0.05, 0) is 31.9 Å². The molecule has 1 aliphatic rings. The Balaban J connectivity index is 2.41. The van der Waals surface area contributed by atoms with E-state index in [9.17, 15) is 13.2 Å². The maximum absolute atomic E-state index is 12.3. The van der Waals surface area contributed by atoms with Gasteiger partial charge in [0.1, 0.15) is 0 Å². The number of nitrogens with zero attached hydrogens (tertiary/aromatic N) is 1. The van der Waals surface area contributed by atoms with Crippen molar-refractivity contribution in [3.63, 3.8) is 0 Å². The highest BCUT2D eigenvalue weighted by molar-refractivity contribution is 7.89. The molecular formula is C12H16N2O3S. The molecule has 6 heteroatoms. The number of hydrogen-bond acceptors (Lipinski definition) is 3. The van der Waals surface area contributed by atoms with Crippen molar-refractivity contribution in [2.75, 3.05) is 6.54 Å². The Hall–Kier alpha value is -1.40. The standard InChI is InChI=1S/C12H16N2O3S/c1-2-14(9-7-8-9)12(15)10-5-3-4-6-11(10)18(13,16)17/h3-6,9H,2,7-8H2,1H3,(H2,13,16,17). The zero-order valence-electron chi connectivity index (χ0n) is 10.2. The minimum absolute atomic E-state index is 0.103.